The van der Waals surface area contributed by atoms with Crippen LogP contribution < -0.4 is 4.74 Å². The van der Waals surface area contributed by atoms with Gasteiger partial charge in [0, 0.05) is 0 Å². The summed E-state index contributed by atoms with van der Waals surface area (Å²) >= 11 is 0. The third kappa shape index (κ3) is 2.90. The molecule has 1 unspecified atom stereocenters. The van der Waals surface area contributed by atoms with Gasteiger partial charge in [0.25, 0.3) is 0 Å². The van der Waals surface area contributed by atoms with Crippen LogP contribution in [0.2, 0.25) is 0 Å². The van der Waals surface area contributed by atoms with Crippen LogP contribution in [0.15, 0.2) is 6.07 Å². The highest BCUT2D eigenvalue weighted by Crippen LogP contribution is 2.34. The van der Waals surface area contributed by atoms with E-state index in [4.69, 9.17) is 14.6 Å². The number of ether oxygens (including phenoxy) is 2. The summed E-state index contributed by atoms with van der Waals surface area (Å²) in [4.78, 5) is 0. The molecule has 0 amide bonds. The van der Waals surface area contributed by atoms with Crippen LogP contribution in [0.1, 0.15) is 16.7 Å². The Morgan fingerprint density at radius 1 is 1.05 bits per heavy atom. The van der Waals surface area contributed by atoms with Crippen LogP contribution in [0, 0.1) is 20.8 Å². The number of aliphatic hydroxyl groups excluding tert-OH is 4. The molecule has 7 nitrogen and oxygen atoms in total. The molecular formula is C15H22O7. The Labute approximate surface area is 128 Å². The van der Waals surface area contributed by atoms with Crippen molar-refractivity contribution in [2.24, 2.45) is 0 Å². The van der Waals surface area contributed by atoms with Gasteiger partial charge in [0.05, 0.1) is 6.61 Å². The van der Waals surface area contributed by atoms with Crippen LogP contribution >= 0.6 is 0 Å². The first-order chi connectivity index (χ1) is 10.3. The molecule has 1 saturated heterocycles. The van der Waals surface area contributed by atoms with Crippen molar-refractivity contribution in [3.05, 3.63) is 22.8 Å². The highest BCUT2D eigenvalue weighted by atomic mass is 16.7. The second-order valence-electron chi connectivity index (χ2n) is 5.61. The molecule has 1 aliphatic rings. The van der Waals surface area contributed by atoms with Gasteiger partial charge in [0.2, 0.25) is 6.29 Å². The average molecular weight is 314 g/mol. The Balaban J connectivity index is 2.26. The maximum Gasteiger partial charge on any atom is 0.229 e. The van der Waals surface area contributed by atoms with Crippen LogP contribution in [0.5, 0.6) is 11.5 Å². The first kappa shape index (κ1) is 17.0. The minimum atomic E-state index is -1.49. The predicted octanol–water partition coefficient (Wildman–Crippen LogP) is -0.504. The maximum atomic E-state index is 9.98. The average Bonchev–Trinajstić information content (AvgIpc) is 2.50. The molecule has 1 fully saturated rings. The number of phenols is 1. The molecule has 1 aromatic carbocycles. The molecule has 0 aliphatic carbocycles. The fourth-order valence-electron chi connectivity index (χ4n) is 2.44. The molecule has 5 atom stereocenters. The lowest BCUT2D eigenvalue weighted by atomic mass is 9.99. The summed E-state index contributed by atoms with van der Waals surface area (Å²) in [5.41, 5.74) is 1.90. The summed E-state index contributed by atoms with van der Waals surface area (Å²) < 4.78 is 10.9. The van der Waals surface area contributed by atoms with Crippen molar-refractivity contribution in [3.8, 4) is 11.5 Å². The molecule has 0 saturated carbocycles. The SMILES string of the molecule is Cc1cc(OC2O[C@H](CO)[C@@H](O)[C@H](O)[C@H]2O)c(C)c(C)c1O. The van der Waals surface area contributed by atoms with Crippen LogP contribution in [0.25, 0.3) is 0 Å². The van der Waals surface area contributed by atoms with Gasteiger partial charge in [0.15, 0.2) is 0 Å². The zero-order chi connectivity index (χ0) is 16.6. The lowest BCUT2D eigenvalue weighted by Gasteiger charge is -2.39. The summed E-state index contributed by atoms with van der Waals surface area (Å²) in [5, 5.41) is 48.5. The molecule has 0 spiro atoms. The van der Waals surface area contributed by atoms with Crippen molar-refractivity contribution >= 4 is 0 Å². The smallest absolute Gasteiger partial charge is 0.229 e. The number of aliphatic hydroxyl groups is 4. The summed E-state index contributed by atoms with van der Waals surface area (Å²) in [7, 11) is 0. The standard InChI is InChI=1S/C15H22O7/c1-6-4-9(7(2)8(3)11(6)17)21-15-14(20)13(19)12(18)10(5-16)22-15/h4,10,12-20H,5H2,1-3H3/t10-,12-,13+,14-,15?/m1/s1. The summed E-state index contributed by atoms with van der Waals surface area (Å²) in [6, 6.07) is 1.60. The van der Waals surface area contributed by atoms with Gasteiger partial charge in [-0.2, -0.15) is 0 Å². The van der Waals surface area contributed by atoms with E-state index >= 15 is 0 Å². The molecule has 0 aromatic heterocycles. The number of benzene rings is 1. The normalized spacial score (nSPS) is 32.0. The van der Waals surface area contributed by atoms with Crippen molar-refractivity contribution in [2.75, 3.05) is 6.61 Å². The predicted molar refractivity (Wildman–Crippen MR) is 76.7 cm³/mol. The van der Waals surface area contributed by atoms with Crippen LogP contribution in [-0.2, 0) is 4.74 Å². The fourth-order valence-corrected chi connectivity index (χ4v) is 2.44. The van der Waals surface area contributed by atoms with Gasteiger partial charge < -0.3 is 35.0 Å². The van der Waals surface area contributed by atoms with Crippen LogP contribution in [0.3, 0.4) is 0 Å². The van der Waals surface area contributed by atoms with E-state index in [0.717, 1.165) is 0 Å². The number of aromatic hydroxyl groups is 1. The second-order valence-corrected chi connectivity index (χ2v) is 5.61. The van der Waals surface area contributed by atoms with Crippen molar-refractivity contribution in [1.29, 1.82) is 0 Å². The first-order valence-electron chi connectivity index (χ1n) is 7.04. The second kappa shape index (κ2) is 6.39. The Morgan fingerprint density at radius 2 is 1.68 bits per heavy atom. The van der Waals surface area contributed by atoms with Gasteiger partial charge in [-0.15, -0.1) is 0 Å². The summed E-state index contributed by atoms with van der Waals surface area (Å²) in [6.45, 7) is 4.67. The number of hydrogen-bond donors (Lipinski definition) is 5. The fraction of sp³-hybridized carbons (Fsp3) is 0.600. The monoisotopic (exact) mass is 314 g/mol. The molecule has 22 heavy (non-hydrogen) atoms. The van der Waals surface area contributed by atoms with Crippen molar-refractivity contribution in [1.82, 2.24) is 0 Å². The van der Waals surface area contributed by atoms with Gasteiger partial charge in [-0.3, -0.25) is 0 Å². The number of hydrogen-bond acceptors (Lipinski definition) is 7. The molecule has 7 heteroatoms. The molecule has 1 heterocycles. The van der Waals surface area contributed by atoms with Crippen LogP contribution in [0.4, 0.5) is 0 Å². The minimum absolute atomic E-state index is 0.165. The molecule has 5 N–H and O–H groups in total. The quantitative estimate of drug-likeness (QED) is 0.510. The third-order valence-corrected chi connectivity index (χ3v) is 4.10. The zero-order valence-electron chi connectivity index (χ0n) is 12.7. The topological polar surface area (TPSA) is 120 Å². The van der Waals surface area contributed by atoms with E-state index in [1.807, 2.05) is 0 Å². The number of aryl methyl sites for hydroxylation is 1. The lowest BCUT2D eigenvalue weighted by molar-refractivity contribution is -0.277. The van der Waals surface area contributed by atoms with Crippen LogP contribution in [-0.4, -0.2) is 62.8 Å². The van der Waals surface area contributed by atoms with E-state index < -0.39 is 37.3 Å². The molecule has 1 aliphatic heterocycles. The molecule has 0 bridgehead atoms. The van der Waals surface area contributed by atoms with Crippen molar-refractivity contribution in [3.63, 3.8) is 0 Å². The Kier molecular flexibility index (Phi) is 4.93. The highest BCUT2D eigenvalue weighted by molar-refractivity contribution is 5.51. The Morgan fingerprint density at radius 3 is 2.27 bits per heavy atom. The Bertz CT molecular complexity index is 543. The number of rotatable bonds is 3. The van der Waals surface area contributed by atoms with E-state index in [1.54, 1.807) is 26.8 Å². The third-order valence-electron chi connectivity index (χ3n) is 4.10. The van der Waals surface area contributed by atoms with E-state index in [-0.39, 0.29) is 5.75 Å². The van der Waals surface area contributed by atoms with E-state index in [2.05, 4.69) is 0 Å². The van der Waals surface area contributed by atoms with Gasteiger partial charge in [-0.05, 0) is 43.5 Å². The lowest BCUT2D eigenvalue weighted by Crippen LogP contribution is -2.60. The van der Waals surface area contributed by atoms with Crippen molar-refractivity contribution < 1.29 is 35.0 Å². The highest BCUT2D eigenvalue weighted by Gasteiger charge is 2.44. The van der Waals surface area contributed by atoms with E-state index in [9.17, 15) is 20.4 Å². The van der Waals surface area contributed by atoms with Crippen molar-refractivity contribution in [2.45, 2.75) is 51.5 Å². The molecule has 1 aromatic rings. The molecular weight excluding hydrogens is 292 g/mol. The van der Waals surface area contributed by atoms with Gasteiger partial charge >= 0.3 is 0 Å². The molecule has 0 radical (unpaired) electrons. The summed E-state index contributed by atoms with van der Waals surface area (Å²) in [6.07, 6.45) is -6.65. The largest absolute Gasteiger partial charge is 0.507 e. The van der Waals surface area contributed by atoms with E-state index in [1.165, 1.54) is 0 Å². The van der Waals surface area contributed by atoms with Gasteiger partial charge in [-0.1, -0.05) is 0 Å². The Hall–Kier alpha value is -1.38. The molecule has 124 valence electrons. The molecule has 2 rings (SSSR count). The van der Waals surface area contributed by atoms with Gasteiger partial charge in [-0.25, -0.2) is 0 Å². The first-order valence-corrected chi connectivity index (χ1v) is 7.04. The maximum absolute atomic E-state index is 9.98. The van der Waals surface area contributed by atoms with Gasteiger partial charge in [0.1, 0.15) is 35.9 Å². The zero-order valence-corrected chi connectivity index (χ0v) is 12.7. The summed E-state index contributed by atoms with van der Waals surface area (Å²) in [5.74, 6) is 0.552. The minimum Gasteiger partial charge on any atom is -0.507 e. The van der Waals surface area contributed by atoms with E-state index in [0.29, 0.717) is 22.4 Å². The number of phenolic OH excluding ortho intramolecular Hbond substituents is 1.